The molecule has 1 N–H and O–H groups in total. The summed E-state index contributed by atoms with van der Waals surface area (Å²) in [6, 6.07) is 10.1. The lowest BCUT2D eigenvalue weighted by Gasteiger charge is -2.12. The van der Waals surface area contributed by atoms with Gasteiger partial charge >= 0.3 is 0 Å². The third kappa shape index (κ3) is 1.45. The second kappa shape index (κ2) is 3.37. The van der Waals surface area contributed by atoms with E-state index in [9.17, 15) is 5.11 Å². The lowest BCUT2D eigenvalue weighted by molar-refractivity contribution is 0.0817. The first-order chi connectivity index (χ1) is 6.68. The number of aliphatic hydroxyl groups excluding tert-OH is 1. The zero-order valence-corrected chi connectivity index (χ0v) is 8.60. The zero-order valence-electron chi connectivity index (χ0n) is 8.60. The molecule has 1 aromatic rings. The highest BCUT2D eigenvalue weighted by Gasteiger charge is 2.57. The Morgan fingerprint density at radius 3 is 2.64 bits per heavy atom. The molecule has 1 aliphatic heterocycles. The Hall–Kier alpha value is -0.860. The molecule has 1 heterocycles. The number of ether oxygens (including phenoxy) is 1. The fourth-order valence-electron chi connectivity index (χ4n) is 1.91. The van der Waals surface area contributed by atoms with E-state index < -0.39 is 0 Å². The minimum Gasteiger partial charge on any atom is -0.390 e. The third-order valence-corrected chi connectivity index (χ3v) is 2.99. The van der Waals surface area contributed by atoms with E-state index in [1.165, 1.54) is 0 Å². The first kappa shape index (κ1) is 9.69. The van der Waals surface area contributed by atoms with E-state index in [0.29, 0.717) is 0 Å². The maximum absolute atomic E-state index is 9.76. The maximum Gasteiger partial charge on any atom is 0.122 e. The van der Waals surface area contributed by atoms with Crippen LogP contribution in [0.4, 0.5) is 0 Å². The van der Waals surface area contributed by atoms with Crippen molar-refractivity contribution < 1.29 is 9.84 Å². The molecular weight excluding hydrogens is 176 g/mol. The molecule has 14 heavy (non-hydrogen) atoms. The van der Waals surface area contributed by atoms with E-state index in [2.05, 4.69) is 0 Å². The summed E-state index contributed by atoms with van der Waals surface area (Å²) in [6.45, 7) is 3.94. The number of hydrogen-bond donors (Lipinski definition) is 1. The van der Waals surface area contributed by atoms with Crippen molar-refractivity contribution in [1.82, 2.24) is 0 Å². The van der Waals surface area contributed by atoms with Crippen LogP contribution < -0.4 is 0 Å². The summed E-state index contributed by atoms with van der Waals surface area (Å²) in [5.74, 6) is 0. The third-order valence-electron chi connectivity index (χ3n) is 2.99. The molecule has 3 atom stereocenters. The van der Waals surface area contributed by atoms with Crippen molar-refractivity contribution in [3.05, 3.63) is 35.9 Å². The van der Waals surface area contributed by atoms with Gasteiger partial charge in [-0.2, -0.15) is 0 Å². The second-order valence-corrected chi connectivity index (χ2v) is 4.02. The highest BCUT2D eigenvalue weighted by molar-refractivity contribution is 5.26. The Bertz CT molecular complexity index is 309. The highest BCUT2D eigenvalue weighted by atomic mass is 16.6. The van der Waals surface area contributed by atoms with Gasteiger partial charge in [0.05, 0.1) is 6.10 Å². The van der Waals surface area contributed by atoms with Crippen LogP contribution in [-0.4, -0.2) is 16.8 Å². The van der Waals surface area contributed by atoms with Gasteiger partial charge in [0.25, 0.3) is 0 Å². The SMILES string of the molecule is CCC(O)C1(C)OC1c1ccccc1. The highest BCUT2D eigenvalue weighted by Crippen LogP contribution is 2.52. The first-order valence-corrected chi connectivity index (χ1v) is 5.09. The van der Waals surface area contributed by atoms with Crippen molar-refractivity contribution >= 4 is 0 Å². The molecule has 0 aromatic heterocycles. The lowest BCUT2D eigenvalue weighted by atomic mass is 9.94. The number of hydrogen-bond acceptors (Lipinski definition) is 2. The molecule has 1 fully saturated rings. The maximum atomic E-state index is 9.76. The fourth-order valence-corrected chi connectivity index (χ4v) is 1.91. The van der Waals surface area contributed by atoms with Crippen molar-refractivity contribution in [2.75, 3.05) is 0 Å². The van der Waals surface area contributed by atoms with Crippen molar-refractivity contribution in [2.45, 2.75) is 38.1 Å². The van der Waals surface area contributed by atoms with Crippen LogP contribution in [0.1, 0.15) is 31.9 Å². The lowest BCUT2D eigenvalue weighted by Crippen LogP contribution is -2.26. The summed E-state index contributed by atoms with van der Waals surface area (Å²) in [7, 11) is 0. The molecule has 1 aromatic carbocycles. The summed E-state index contributed by atoms with van der Waals surface area (Å²) in [4.78, 5) is 0. The Morgan fingerprint density at radius 2 is 2.07 bits per heavy atom. The normalized spacial score (nSPS) is 32.6. The van der Waals surface area contributed by atoms with Crippen molar-refractivity contribution in [3.8, 4) is 0 Å². The molecular formula is C12H16O2. The van der Waals surface area contributed by atoms with E-state index in [-0.39, 0.29) is 17.8 Å². The minimum atomic E-state index is -0.368. The molecule has 1 aliphatic rings. The number of benzene rings is 1. The van der Waals surface area contributed by atoms with Gasteiger partial charge in [-0.25, -0.2) is 0 Å². The van der Waals surface area contributed by atoms with E-state index in [1.807, 2.05) is 44.2 Å². The molecule has 2 heteroatoms. The second-order valence-electron chi connectivity index (χ2n) is 4.02. The average molecular weight is 192 g/mol. The first-order valence-electron chi connectivity index (χ1n) is 5.09. The van der Waals surface area contributed by atoms with Crippen LogP contribution in [0.3, 0.4) is 0 Å². The van der Waals surface area contributed by atoms with Crippen LogP contribution in [0, 0.1) is 0 Å². The summed E-state index contributed by atoms with van der Waals surface area (Å²) in [6.07, 6.45) is 0.436. The molecule has 2 rings (SSSR count). The molecule has 0 saturated carbocycles. The van der Waals surface area contributed by atoms with Crippen LogP contribution in [0.5, 0.6) is 0 Å². The van der Waals surface area contributed by atoms with E-state index >= 15 is 0 Å². The zero-order chi connectivity index (χ0) is 10.2. The summed E-state index contributed by atoms with van der Waals surface area (Å²) in [5, 5.41) is 9.76. The standard InChI is InChI=1S/C12H16O2/c1-3-10(13)12(2)11(14-12)9-7-5-4-6-8-9/h4-8,10-11,13H,3H2,1-2H3. The van der Waals surface area contributed by atoms with E-state index in [0.717, 1.165) is 12.0 Å². The van der Waals surface area contributed by atoms with Gasteiger partial charge in [0, 0.05) is 0 Å². The number of rotatable bonds is 3. The van der Waals surface area contributed by atoms with Gasteiger partial charge < -0.3 is 9.84 Å². The Morgan fingerprint density at radius 1 is 1.43 bits per heavy atom. The smallest absolute Gasteiger partial charge is 0.122 e. The molecule has 0 spiro atoms. The monoisotopic (exact) mass is 192 g/mol. The van der Waals surface area contributed by atoms with Crippen LogP contribution in [-0.2, 0) is 4.74 Å². The van der Waals surface area contributed by atoms with Crippen LogP contribution in [0.2, 0.25) is 0 Å². The van der Waals surface area contributed by atoms with E-state index in [1.54, 1.807) is 0 Å². The molecule has 76 valence electrons. The number of epoxide rings is 1. The Balaban J connectivity index is 2.12. The molecule has 1 saturated heterocycles. The molecule has 3 unspecified atom stereocenters. The molecule has 2 nitrogen and oxygen atoms in total. The number of aliphatic hydroxyl groups is 1. The topological polar surface area (TPSA) is 32.8 Å². The summed E-state index contributed by atoms with van der Waals surface area (Å²) >= 11 is 0. The van der Waals surface area contributed by atoms with Gasteiger partial charge in [-0.3, -0.25) is 0 Å². The van der Waals surface area contributed by atoms with Crippen molar-refractivity contribution in [2.24, 2.45) is 0 Å². The van der Waals surface area contributed by atoms with Crippen molar-refractivity contribution in [3.63, 3.8) is 0 Å². The molecule has 0 bridgehead atoms. The van der Waals surface area contributed by atoms with Crippen LogP contribution >= 0.6 is 0 Å². The molecule has 0 amide bonds. The van der Waals surface area contributed by atoms with Gasteiger partial charge in [-0.1, -0.05) is 37.3 Å². The average Bonchev–Trinajstić information content (AvgIpc) is 2.92. The van der Waals surface area contributed by atoms with Gasteiger partial charge in [-0.05, 0) is 18.9 Å². The molecule has 0 aliphatic carbocycles. The van der Waals surface area contributed by atoms with Crippen molar-refractivity contribution in [1.29, 1.82) is 0 Å². The Labute approximate surface area is 84.5 Å². The summed E-state index contributed by atoms with van der Waals surface area (Å²) in [5.41, 5.74) is 0.790. The van der Waals surface area contributed by atoms with Gasteiger partial charge in [0.2, 0.25) is 0 Å². The predicted molar refractivity (Wildman–Crippen MR) is 55.0 cm³/mol. The van der Waals surface area contributed by atoms with Crippen LogP contribution in [0.15, 0.2) is 30.3 Å². The van der Waals surface area contributed by atoms with Gasteiger partial charge in [0.1, 0.15) is 11.7 Å². The summed E-state index contributed by atoms with van der Waals surface area (Å²) < 4.78 is 5.59. The Kier molecular flexibility index (Phi) is 2.33. The van der Waals surface area contributed by atoms with Gasteiger partial charge in [0.15, 0.2) is 0 Å². The minimum absolute atomic E-state index is 0.0682. The van der Waals surface area contributed by atoms with E-state index in [4.69, 9.17) is 4.74 Å². The largest absolute Gasteiger partial charge is 0.390 e. The van der Waals surface area contributed by atoms with Crippen LogP contribution in [0.25, 0.3) is 0 Å². The predicted octanol–water partition coefficient (Wildman–Crippen LogP) is 2.29. The molecule has 0 radical (unpaired) electrons. The quantitative estimate of drug-likeness (QED) is 0.745. The fraction of sp³-hybridized carbons (Fsp3) is 0.500. The van der Waals surface area contributed by atoms with Gasteiger partial charge in [-0.15, -0.1) is 0 Å².